The molecule has 2 aromatic heterocycles. The second-order valence-corrected chi connectivity index (χ2v) is 2.55. The van der Waals surface area contributed by atoms with Gasteiger partial charge in [-0.2, -0.15) is 14.6 Å². The number of halogens is 1. The molecule has 0 saturated carbocycles. The van der Waals surface area contributed by atoms with Crippen LogP contribution in [0.3, 0.4) is 0 Å². The summed E-state index contributed by atoms with van der Waals surface area (Å²) in [6, 6.07) is 1.68. The molecule has 0 aliphatic rings. The molecule has 2 aromatic rings. The first kappa shape index (κ1) is 7.30. The number of aromatic nitrogens is 4. The Morgan fingerprint density at radius 1 is 1.58 bits per heavy atom. The number of alkyl halides is 1. The minimum atomic E-state index is 0.327. The Labute approximate surface area is 73.2 Å². The van der Waals surface area contributed by atoms with Crippen LogP contribution in [0.5, 0.6) is 0 Å². The molecule has 62 valence electrons. The SMILES string of the molecule is Nc1cc(CCl)nc2ncnn12. The molecule has 2 rings (SSSR count). The summed E-state index contributed by atoms with van der Waals surface area (Å²) in [5.74, 6) is 1.30. The number of nitrogens with zero attached hydrogens (tertiary/aromatic N) is 4. The summed E-state index contributed by atoms with van der Waals surface area (Å²) < 4.78 is 1.45. The normalized spacial score (nSPS) is 10.8. The van der Waals surface area contributed by atoms with E-state index in [0.717, 1.165) is 0 Å². The Bertz CT molecular complexity index is 409. The van der Waals surface area contributed by atoms with E-state index in [-0.39, 0.29) is 0 Å². The second kappa shape index (κ2) is 2.60. The minimum absolute atomic E-state index is 0.327. The van der Waals surface area contributed by atoms with Crippen LogP contribution in [-0.4, -0.2) is 19.6 Å². The van der Waals surface area contributed by atoms with Crippen LogP contribution in [0.4, 0.5) is 5.82 Å². The Balaban J connectivity index is 2.75. The van der Waals surface area contributed by atoms with Crippen LogP contribution < -0.4 is 5.73 Å². The van der Waals surface area contributed by atoms with Gasteiger partial charge in [-0.05, 0) is 0 Å². The van der Waals surface area contributed by atoms with Crippen molar-refractivity contribution < 1.29 is 0 Å². The molecule has 6 heteroatoms. The molecule has 0 aromatic carbocycles. The van der Waals surface area contributed by atoms with Crippen LogP contribution in [0.1, 0.15) is 5.69 Å². The Kier molecular flexibility index (Phi) is 1.58. The van der Waals surface area contributed by atoms with Crippen LogP contribution in [0.15, 0.2) is 12.4 Å². The van der Waals surface area contributed by atoms with E-state index in [1.807, 2.05) is 0 Å². The fourth-order valence-electron chi connectivity index (χ4n) is 0.955. The third kappa shape index (κ3) is 0.984. The maximum Gasteiger partial charge on any atom is 0.254 e. The first-order valence-corrected chi connectivity index (χ1v) is 3.86. The van der Waals surface area contributed by atoms with Gasteiger partial charge in [-0.25, -0.2) is 4.98 Å². The van der Waals surface area contributed by atoms with E-state index in [1.54, 1.807) is 6.07 Å². The van der Waals surface area contributed by atoms with Crippen LogP contribution in [0.2, 0.25) is 0 Å². The summed E-state index contributed by atoms with van der Waals surface area (Å²) in [7, 11) is 0. The fraction of sp³-hybridized carbons (Fsp3) is 0.167. The first-order valence-electron chi connectivity index (χ1n) is 3.32. The van der Waals surface area contributed by atoms with Crippen LogP contribution >= 0.6 is 11.6 Å². The number of nitrogen functional groups attached to an aromatic ring is 1. The zero-order valence-electron chi connectivity index (χ0n) is 6.11. The van der Waals surface area contributed by atoms with Crippen molar-refractivity contribution in [3.63, 3.8) is 0 Å². The Morgan fingerprint density at radius 3 is 3.17 bits per heavy atom. The van der Waals surface area contributed by atoms with Gasteiger partial charge in [-0.15, -0.1) is 11.6 Å². The van der Waals surface area contributed by atoms with Crippen molar-refractivity contribution in [2.24, 2.45) is 0 Å². The summed E-state index contributed by atoms with van der Waals surface area (Å²) in [4.78, 5) is 7.98. The third-order valence-electron chi connectivity index (χ3n) is 1.47. The lowest BCUT2D eigenvalue weighted by atomic mass is 10.4. The van der Waals surface area contributed by atoms with Crippen molar-refractivity contribution in [3.05, 3.63) is 18.1 Å². The van der Waals surface area contributed by atoms with Gasteiger partial charge in [0.05, 0.1) is 11.6 Å². The highest BCUT2D eigenvalue weighted by Crippen LogP contribution is 2.08. The Morgan fingerprint density at radius 2 is 2.42 bits per heavy atom. The van der Waals surface area contributed by atoms with Gasteiger partial charge in [-0.3, -0.25) is 0 Å². The topological polar surface area (TPSA) is 69.1 Å². The van der Waals surface area contributed by atoms with Gasteiger partial charge in [0.2, 0.25) is 0 Å². The van der Waals surface area contributed by atoms with E-state index in [1.165, 1.54) is 10.8 Å². The fourth-order valence-corrected chi connectivity index (χ4v) is 1.09. The number of nitrogens with two attached hydrogens (primary N) is 1. The largest absolute Gasteiger partial charge is 0.383 e. The summed E-state index contributed by atoms with van der Waals surface area (Å²) in [5, 5.41) is 3.87. The van der Waals surface area contributed by atoms with Crippen molar-refractivity contribution in [1.29, 1.82) is 0 Å². The summed E-state index contributed by atoms with van der Waals surface area (Å²) >= 11 is 5.59. The van der Waals surface area contributed by atoms with E-state index >= 15 is 0 Å². The highest BCUT2D eigenvalue weighted by molar-refractivity contribution is 6.16. The van der Waals surface area contributed by atoms with Gasteiger partial charge < -0.3 is 5.73 Å². The predicted octanol–water partition coefficient (Wildman–Crippen LogP) is 0.445. The molecule has 12 heavy (non-hydrogen) atoms. The standard InChI is InChI=1S/C6H6ClN5/c7-2-4-1-5(8)12-6(11-4)9-3-10-12/h1,3H,2,8H2. The van der Waals surface area contributed by atoms with Gasteiger partial charge in [0, 0.05) is 6.07 Å². The van der Waals surface area contributed by atoms with Crippen molar-refractivity contribution >= 4 is 23.2 Å². The average Bonchev–Trinajstić information content (AvgIpc) is 2.52. The molecule has 2 N–H and O–H groups in total. The molecule has 0 unspecified atom stereocenters. The number of anilines is 1. The molecule has 0 atom stereocenters. The average molecular weight is 184 g/mol. The molecule has 0 aliphatic carbocycles. The van der Waals surface area contributed by atoms with Crippen molar-refractivity contribution in [2.75, 3.05) is 5.73 Å². The van der Waals surface area contributed by atoms with Crippen LogP contribution in [0.25, 0.3) is 5.78 Å². The van der Waals surface area contributed by atoms with E-state index in [4.69, 9.17) is 17.3 Å². The van der Waals surface area contributed by atoms with Gasteiger partial charge in [0.15, 0.2) is 0 Å². The lowest BCUT2D eigenvalue weighted by Crippen LogP contribution is -2.02. The molecular weight excluding hydrogens is 178 g/mol. The highest BCUT2D eigenvalue weighted by atomic mass is 35.5. The third-order valence-corrected chi connectivity index (χ3v) is 1.74. The zero-order chi connectivity index (χ0) is 8.55. The van der Waals surface area contributed by atoms with Crippen molar-refractivity contribution in [3.8, 4) is 0 Å². The maximum absolute atomic E-state index is 5.64. The number of hydrogen-bond acceptors (Lipinski definition) is 4. The summed E-state index contributed by atoms with van der Waals surface area (Å²) in [5.41, 5.74) is 6.34. The molecule has 2 heterocycles. The highest BCUT2D eigenvalue weighted by Gasteiger charge is 2.02. The number of fused-ring (bicyclic) bond motifs is 1. The molecule has 0 bridgehead atoms. The lowest BCUT2D eigenvalue weighted by molar-refractivity contribution is 0.939. The molecule has 0 spiro atoms. The minimum Gasteiger partial charge on any atom is -0.383 e. The van der Waals surface area contributed by atoms with E-state index in [2.05, 4.69) is 15.1 Å². The van der Waals surface area contributed by atoms with Crippen LogP contribution in [-0.2, 0) is 5.88 Å². The molecule has 0 saturated heterocycles. The van der Waals surface area contributed by atoms with Gasteiger partial charge >= 0.3 is 0 Å². The Hall–Kier alpha value is -1.36. The smallest absolute Gasteiger partial charge is 0.254 e. The van der Waals surface area contributed by atoms with Gasteiger partial charge in [-0.1, -0.05) is 0 Å². The second-order valence-electron chi connectivity index (χ2n) is 2.28. The zero-order valence-corrected chi connectivity index (χ0v) is 6.86. The number of rotatable bonds is 1. The van der Waals surface area contributed by atoms with E-state index < -0.39 is 0 Å². The van der Waals surface area contributed by atoms with Gasteiger partial charge in [0.25, 0.3) is 5.78 Å². The predicted molar refractivity (Wildman–Crippen MR) is 44.8 cm³/mol. The molecule has 0 fully saturated rings. The molecule has 0 amide bonds. The van der Waals surface area contributed by atoms with E-state index in [9.17, 15) is 0 Å². The lowest BCUT2D eigenvalue weighted by Gasteiger charge is -1.98. The van der Waals surface area contributed by atoms with E-state index in [0.29, 0.717) is 23.2 Å². The molecule has 0 aliphatic heterocycles. The summed E-state index contributed by atoms with van der Waals surface area (Å²) in [6.07, 6.45) is 1.40. The summed E-state index contributed by atoms with van der Waals surface area (Å²) in [6.45, 7) is 0. The number of hydrogen-bond donors (Lipinski definition) is 1. The molecule has 0 radical (unpaired) electrons. The van der Waals surface area contributed by atoms with Crippen molar-refractivity contribution in [1.82, 2.24) is 19.6 Å². The quantitative estimate of drug-likeness (QED) is 0.652. The molecule has 5 nitrogen and oxygen atoms in total. The monoisotopic (exact) mass is 183 g/mol. The molecular formula is C6H6ClN5. The van der Waals surface area contributed by atoms with Crippen molar-refractivity contribution in [2.45, 2.75) is 5.88 Å². The first-order chi connectivity index (χ1) is 5.81. The van der Waals surface area contributed by atoms with Gasteiger partial charge in [0.1, 0.15) is 12.1 Å². The maximum atomic E-state index is 5.64. The van der Waals surface area contributed by atoms with Crippen LogP contribution in [0, 0.1) is 0 Å².